The Bertz CT molecular complexity index is 880. The molecule has 0 bridgehead atoms. The maximum absolute atomic E-state index is 12.0. The van der Waals surface area contributed by atoms with Crippen LogP contribution in [-0.2, 0) is 16.0 Å². The molecule has 2 aromatic carbocycles. The molecule has 0 radical (unpaired) electrons. The number of rotatable bonds is 4. The van der Waals surface area contributed by atoms with Gasteiger partial charge >= 0.3 is 5.97 Å². The van der Waals surface area contributed by atoms with Crippen molar-refractivity contribution in [3.63, 3.8) is 0 Å². The summed E-state index contributed by atoms with van der Waals surface area (Å²) in [5.74, 6) is -0.621. The molecule has 0 saturated carbocycles. The summed E-state index contributed by atoms with van der Waals surface area (Å²) in [6.07, 6.45) is 1.69. The highest BCUT2D eigenvalue weighted by Gasteiger charge is 2.25. The lowest BCUT2D eigenvalue weighted by Crippen LogP contribution is -2.17. The lowest BCUT2D eigenvalue weighted by Gasteiger charge is -2.07. The first kappa shape index (κ1) is 17.3. The first-order chi connectivity index (χ1) is 12.0. The summed E-state index contributed by atoms with van der Waals surface area (Å²) < 4.78 is 5.28. The Morgan fingerprint density at radius 3 is 2.56 bits per heavy atom. The Morgan fingerprint density at radius 1 is 1.16 bits per heavy atom. The van der Waals surface area contributed by atoms with Crippen molar-refractivity contribution in [2.24, 2.45) is 0 Å². The number of amides is 2. The van der Waals surface area contributed by atoms with E-state index in [1.165, 1.54) is 0 Å². The fourth-order valence-corrected chi connectivity index (χ4v) is 3.09. The summed E-state index contributed by atoms with van der Waals surface area (Å²) in [4.78, 5) is 35.0. The van der Waals surface area contributed by atoms with E-state index in [1.54, 1.807) is 24.3 Å². The third-order valence-corrected chi connectivity index (χ3v) is 4.42. The standard InChI is InChI=1S/C18H12ClNO4S/c19-13-8-12(9-15-17(22)20-18(23)25-15)6-7-14(13)24-16(21)10-11-4-2-1-3-5-11/h1-9H,10H2,(H,20,22,23)/b15-9-. The first-order valence-electron chi connectivity index (χ1n) is 7.30. The second-order valence-electron chi connectivity index (χ2n) is 5.18. The Labute approximate surface area is 153 Å². The zero-order valence-corrected chi connectivity index (χ0v) is 14.4. The molecule has 0 atom stereocenters. The molecule has 1 N–H and O–H groups in total. The van der Waals surface area contributed by atoms with Crippen LogP contribution in [0.5, 0.6) is 5.75 Å². The topological polar surface area (TPSA) is 72.5 Å². The molecule has 126 valence electrons. The second kappa shape index (κ2) is 7.55. The molecule has 1 aliphatic rings. The van der Waals surface area contributed by atoms with Gasteiger partial charge in [0.05, 0.1) is 16.3 Å². The zero-order valence-electron chi connectivity index (χ0n) is 12.8. The third-order valence-electron chi connectivity index (χ3n) is 3.31. The molecule has 2 aromatic rings. The third kappa shape index (κ3) is 4.49. The molecule has 25 heavy (non-hydrogen) atoms. The highest BCUT2D eigenvalue weighted by Crippen LogP contribution is 2.30. The van der Waals surface area contributed by atoms with Crippen LogP contribution >= 0.6 is 23.4 Å². The maximum atomic E-state index is 12.0. The molecule has 0 aliphatic carbocycles. The SMILES string of the molecule is O=C(Cc1ccccc1)Oc1ccc(/C=C2\SC(=O)NC2=O)cc1Cl. The molecule has 7 heteroatoms. The van der Waals surface area contributed by atoms with Gasteiger partial charge in [-0.3, -0.25) is 19.7 Å². The van der Waals surface area contributed by atoms with Crippen molar-refractivity contribution in [1.82, 2.24) is 5.32 Å². The normalized spacial score (nSPS) is 15.3. The minimum atomic E-state index is -0.440. The van der Waals surface area contributed by atoms with E-state index in [2.05, 4.69) is 5.32 Å². The van der Waals surface area contributed by atoms with Crippen molar-refractivity contribution in [3.8, 4) is 5.75 Å². The molecule has 5 nitrogen and oxygen atoms in total. The fourth-order valence-electron chi connectivity index (χ4n) is 2.18. The van der Waals surface area contributed by atoms with E-state index in [0.717, 1.165) is 17.3 Å². The Kier molecular flexibility index (Phi) is 5.21. The number of nitrogens with one attached hydrogen (secondary N) is 1. The minimum absolute atomic E-state index is 0.141. The van der Waals surface area contributed by atoms with Gasteiger partial charge in [-0.15, -0.1) is 0 Å². The van der Waals surface area contributed by atoms with Crippen LogP contribution in [-0.4, -0.2) is 17.1 Å². The summed E-state index contributed by atoms with van der Waals surface area (Å²) in [6, 6.07) is 14.0. The zero-order chi connectivity index (χ0) is 17.8. The summed E-state index contributed by atoms with van der Waals surface area (Å²) >= 11 is 6.97. The number of benzene rings is 2. The summed E-state index contributed by atoms with van der Waals surface area (Å²) in [5, 5.41) is 2.01. The van der Waals surface area contributed by atoms with E-state index in [-0.39, 0.29) is 22.1 Å². The molecule has 0 spiro atoms. The lowest BCUT2D eigenvalue weighted by molar-refractivity contribution is -0.133. The van der Waals surface area contributed by atoms with Crippen LogP contribution < -0.4 is 10.1 Å². The van der Waals surface area contributed by atoms with Crippen molar-refractivity contribution in [1.29, 1.82) is 0 Å². The number of hydrogen-bond donors (Lipinski definition) is 1. The van der Waals surface area contributed by atoms with Crippen molar-refractivity contribution in [3.05, 3.63) is 69.6 Å². The van der Waals surface area contributed by atoms with Crippen molar-refractivity contribution >= 4 is 46.6 Å². The van der Waals surface area contributed by atoms with Gasteiger partial charge in [0.2, 0.25) is 0 Å². The molecule has 1 saturated heterocycles. The average molecular weight is 374 g/mol. The molecule has 1 heterocycles. The van der Waals surface area contributed by atoms with Crippen LogP contribution in [0, 0.1) is 0 Å². The largest absolute Gasteiger partial charge is 0.425 e. The van der Waals surface area contributed by atoms with Crippen LogP contribution in [0.2, 0.25) is 5.02 Å². The van der Waals surface area contributed by atoms with Gasteiger partial charge < -0.3 is 4.74 Å². The van der Waals surface area contributed by atoms with Gasteiger partial charge in [0.15, 0.2) is 0 Å². The Hall–Kier alpha value is -2.57. The van der Waals surface area contributed by atoms with Gasteiger partial charge in [-0.1, -0.05) is 48.0 Å². The number of hydrogen-bond acceptors (Lipinski definition) is 5. The minimum Gasteiger partial charge on any atom is -0.425 e. The van der Waals surface area contributed by atoms with Crippen LogP contribution in [0.4, 0.5) is 4.79 Å². The molecule has 0 aromatic heterocycles. The molecule has 1 fully saturated rings. The van der Waals surface area contributed by atoms with E-state index in [0.29, 0.717) is 5.56 Å². The van der Waals surface area contributed by atoms with E-state index in [1.807, 2.05) is 30.3 Å². The van der Waals surface area contributed by atoms with E-state index >= 15 is 0 Å². The van der Waals surface area contributed by atoms with Gasteiger partial charge in [-0.25, -0.2) is 0 Å². The summed E-state index contributed by atoms with van der Waals surface area (Å²) in [6.45, 7) is 0. The van der Waals surface area contributed by atoms with Gasteiger partial charge in [0, 0.05) is 0 Å². The number of carbonyl (C=O) groups excluding carboxylic acids is 3. The lowest BCUT2D eigenvalue weighted by atomic mass is 10.1. The average Bonchev–Trinajstić information content (AvgIpc) is 2.88. The molecule has 2 amide bonds. The van der Waals surface area contributed by atoms with Gasteiger partial charge in [-0.2, -0.15) is 0 Å². The van der Waals surface area contributed by atoms with Crippen LogP contribution in [0.25, 0.3) is 6.08 Å². The molecule has 0 unspecified atom stereocenters. The monoisotopic (exact) mass is 373 g/mol. The van der Waals surface area contributed by atoms with E-state index in [4.69, 9.17) is 16.3 Å². The maximum Gasteiger partial charge on any atom is 0.315 e. The Morgan fingerprint density at radius 2 is 1.92 bits per heavy atom. The number of halogens is 1. The summed E-state index contributed by atoms with van der Waals surface area (Å²) in [7, 11) is 0. The van der Waals surface area contributed by atoms with Crippen LogP contribution in [0.15, 0.2) is 53.4 Å². The number of carbonyl (C=O) groups is 3. The fraction of sp³-hybridized carbons (Fsp3) is 0.0556. The highest BCUT2D eigenvalue weighted by atomic mass is 35.5. The van der Waals surface area contributed by atoms with Gasteiger partial charge in [0.1, 0.15) is 5.75 Å². The molecule has 3 rings (SSSR count). The van der Waals surface area contributed by atoms with Crippen molar-refractivity contribution < 1.29 is 19.1 Å². The number of imide groups is 1. The predicted octanol–water partition coefficient (Wildman–Crippen LogP) is 3.81. The van der Waals surface area contributed by atoms with E-state index < -0.39 is 17.1 Å². The van der Waals surface area contributed by atoms with Gasteiger partial charge in [-0.05, 0) is 41.1 Å². The highest BCUT2D eigenvalue weighted by molar-refractivity contribution is 8.18. The predicted molar refractivity (Wildman–Crippen MR) is 96.3 cm³/mol. The quantitative estimate of drug-likeness (QED) is 0.501. The van der Waals surface area contributed by atoms with E-state index in [9.17, 15) is 14.4 Å². The molecular formula is C18H12ClNO4S. The first-order valence-corrected chi connectivity index (χ1v) is 8.50. The van der Waals surface area contributed by atoms with Crippen molar-refractivity contribution in [2.45, 2.75) is 6.42 Å². The second-order valence-corrected chi connectivity index (χ2v) is 6.60. The number of ether oxygens (including phenoxy) is 1. The van der Waals surface area contributed by atoms with Crippen LogP contribution in [0.3, 0.4) is 0 Å². The summed E-state index contributed by atoms with van der Waals surface area (Å²) in [5.41, 5.74) is 1.47. The number of thioether (sulfide) groups is 1. The molecule has 1 aliphatic heterocycles. The smallest absolute Gasteiger partial charge is 0.315 e. The Balaban J connectivity index is 1.70. The van der Waals surface area contributed by atoms with Gasteiger partial charge in [0.25, 0.3) is 11.1 Å². The number of esters is 1. The van der Waals surface area contributed by atoms with Crippen LogP contribution in [0.1, 0.15) is 11.1 Å². The molecular weight excluding hydrogens is 362 g/mol. The van der Waals surface area contributed by atoms with Crippen molar-refractivity contribution in [2.75, 3.05) is 0 Å².